The monoisotopic (exact) mass is 683 g/mol. The Bertz CT molecular complexity index is 1930. The lowest BCUT2D eigenvalue weighted by Crippen LogP contribution is -2.29. The predicted molar refractivity (Wildman–Crippen MR) is 185 cm³/mol. The molecule has 1 fully saturated rings. The fraction of sp³-hybridized carbons (Fsp3) is 0.167. The van der Waals surface area contributed by atoms with Crippen molar-refractivity contribution in [2.75, 3.05) is 11.5 Å². The van der Waals surface area contributed by atoms with E-state index in [0.717, 1.165) is 16.7 Å². The van der Waals surface area contributed by atoms with Crippen LogP contribution in [0.1, 0.15) is 40.8 Å². The van der Waals surface area contributed by atoms with Crippen LogP contribution in [0.25, 0.3) is 5.76 Å². The topological polar surface area (TPSA) is 102 Å². The van der Waals surface area contributed by atoms with Gasteiger partial charge in [-0.1, -0.05) is 88.8 Å². The van der Waals surface area contributed by atoms with Crippen LogP contribution in [-0.4, -0.2) is 33.6 Å². The van der Waals surface area contributed by atoms with Crippen LogP contribution in [0, 0.1) is 6.92 Å². The van der Waals surface area contributed by atoms with Crippen molar-refractivity contribution in [3.05, 3.63) is 135 Å². The molecule has 0 spiro atoms. The van der Waals surface area contributed by atoms with Crippen LogP contribution in [0.4, 0.5) is 5.13 Å². The number of benzene rings is 4. The van der Waals surface area contributed by atoms with Crippen molar-refractivity contribution < 1.29 is 24.2 Å². The summed E-state index contributed by atoms with van der Waals surface area (Å²) in [7, 11) is 0. The number of Topliss-reactive ketones (excluding diaryl/α,β-unsaturated/α-hetero) is 1. The van der Waals surface area contributed by atoms with Gasteiger partial charge in [-0.2, -0.15) is 0 Å². The molecule has 0 saturated carbocycles. The number of nitrogens with zero attached hydrogens (tertiary/aromatic N) is 3. The summed E-state index contributed by atoms with van der Waals surface area (Å²) in [5, 5.41) is 21.1. The molecule has 1 aliphatic heterocycles. The SMILES string of the molecule is CCOc1ccc(C2C(=C(O)c3ccc(OCc4cccc(C)c4)cc3)C(=O)C(=O)N2c2nnc(SCc3ccc(Cl)cc3)s2)cc1. The molecule has 1 saturated heterocycles. The van der Waals surface area contributed by atoms with Gasteiger partial charge in [0.1, 0.15) is 23.9 Å². The molecule has 1 aliphatic rings. The Labute approximate surface area is 285 Å². The number of hydrogen-bond acceptors (Lipinski definition) is 9. The molecular weight excluding hydrogens is 654 g/mol. The number of anilines is 1. The van der Waals surface area contributed by atoms with Gasteiger partial charge in [0, 0.05) is 16.3 Å². The van der Waals surface area contributed by atoms with Crippen molar-refractivity contribution in [3.8, 4) is 11.5 Å². The molecule has 1 unspecified atom stereocenters. The van der Waals surface area contributed by atoms with Crippen LogP contribution in [-0.2, 0) is 21.9 Å². The van der Waals surface area contributed by atoms with Gasteiger partial charge < -0.3 is 14.6 Å². The van der Waals surface area contributed by atoms with Crippen LogP contribution in [0.2, 0.25) is 5.02 Å². The minimum Gasteiger partial charge on any atom is -0.507 e. The largest absolute Gasteiger partial charge is 0.507 e. The number of ketones is 1. The number of hydrogen-bond donors (Lipinski definition) is 1. The van der Waals surface area contributed by atoms with E-state index in [1.165, 1.54) is 28.0 Å². The number of aryl methyl sites for hydroxylation is 1. The lowest BCUT2D eigenvalue weighted by Gasteiger charge is -2.22. The van der Waals surface area contributed by atoms with E-state index in [1.807, 2.05) is 56.3 Å². The average molecular weight is 684 g/mol. The second-order valence-corrected chi connectivity index (χ2v) is 13.4. The zero-order chi connectivity index (χ0) is 32.9. The second kappa shape index (κ2) is 14.4. The van der Waals surface area contributed by atoms with E-state index in [1.54, 1.807) is 48.5 Å². The number of aliphatic hydroxyl groups is 1. The number of amides is 1. The number of aliphatic hydroxyl groups excluding tert-OH is 1. The lowest BCUT2D eigenvalue weighted by atomic mass is 9.95. The van der Waals surface area contributed by atoms with E-state index < -0.39 is 17.7 Å². The third kappa shape index (κ3) is 7.35. The van der Waals surface area contributed by atoms with Gasteiger partial charge in [0.2, 0.25) is 5.13 Å². The third-order valence-corrected chi connectivity index (χ3v) is 9.82. The van der Waals surface area contributed by atoms with Crippen molar-refractivity contribution in [2.45, 2.75) is 36.6 Å². The summed E-state index contributed by atoms with van der Waals surface area (Å²) in [6.45, 7) is 4.79. The van der Waals surface area contributed by atoms with Crippen molar-refractivity contribution in [1.82, 2.24) is 10.2 Å². The van der Waals surface area contributed by atoms with Gasteiger partial charge in [0.25, 0.3) is 5.78 Å². The summed E-state index contributed by atoms with van der Waals surface area (Å²) >= 11 is 8.68. The van der Waals surface area contributed by atoms with Gasteiger partial charge in [0.05, 0.1) is 18.2 Å². The molecule has 47 heavy (non-hydrogen) atoms. The van der Waals surface area contributed by atoms with Crippen LogP contribution < -0.4 is 14.4 Å². The van der Waals surface area contributed by atoms with E-state index in [0.29, 0.717) is 51.0 Å². The number of ether oxygens (including phenoxy) is 2. The van der Waals surface area contributed by atoms with Gasteiger partial charge in [-0.05, 0) is 79.1 Å². The minimum atomic E-state index is -0.940. The number of carbonyl (C=O) groups is 2. The Morgan fingerprint density at radius 1 is 0.915 bits per heavy atom. The van der Waals surface area contributed by atoms with Crippen LogP contribution in [0.3, 0.4) is 0 Å². The summed E-state index contributed by atoms with van der Waals surface area (Å²) in [5.74, 6) is -0.0368. The highest BCUT2D eigenvalue weighted by Gasteiger charge is 2.48. The molecular formula is C36H30ClN3O5S2. The Kier molecular flexibility index (Phi) is 9.91. The fourth-order valence-corrected chi connectivity index (χ4v) is 7.12. The zero-order valence-electron chi connectivity index (χ0n) is 25.6. The first-order valence-electron chi connectivity index (χ1n) is 14.8. The molecule has 1 amide bonds. The first kappa shape index (κ1) is 32.3. The minimum absolute atomic E-state index is 0.0434. The number of aromatic nitrogens is 2. The maximum Gasteiger partial charge on any atom is 0.301 e. The number of thioether (sulfide) groups is 1. The second-order valence-electron chi connectivity index (χ2n) is 10.7. The molecule has 0 bridgehead atoms. The van der Waals surface area contributed by atoms with Crippen molar-refractivity contribution in [2.24, 2.45) is 0 Å². The van der Waals surface area contributed by atoms with Crippen molar-refractivity contribution in [3.63, 3.8) is 0 Å². The molecule has 238 valence electrons. The van der Waals surface area contributed by atoms with E-state index in [4.69, 9.17) is 21.1 Å². The molecule has 1 atom stereocenters. The highest BCUT2D eigenvalue weighted by atomic mass is 35.5. The van der Waals surface area contributed by atoms with Gasteiger partial charge in [-0.15, -0.1) is 10.2 Å². The highest BCUT2D eigenvalue weighted by Crippen LogP contribution is 2.44. The Balaban J connectivity index is 1.30. The molecule has 1 aromatic heterocycles. The molecule has 5 aromatic rings. The Hall–Kier alpha value is -4.64. The van der Waals surface area contributed by atoms with Gasteiger partial charge in [0.15, 0.2) is 4.34 Å². The molecule has 0 aliphatic carbocycles. The summed E-state index contributed by atoms with van der Waals surface area (Å²) < 4.78 is 12.2. The smallest absolute Gasteiger partial charge is 0.301 e. The Morgan fingerprint density at radius 3 is 2.32 bits per heavy atom. The standard InChI is InChI=1S/C36H30ClN3O5S2/c1-3-44-28-15-9-25(10-16-28)31-30(32(41)26-11-17-29(18-12-26)45-20-24-6-4-5-22(2)19-24)33(42)34(43)40(31)35-38-39-36(47-35)46-21-23-7-13-27(37)14-8-23/h4-19,31,41H,3,20-21H2,1-2H3. The number of carbonyl (C=O) groups excluding carboxylic acids is 2. The molecule has 2 heterocycles. The maximum absolute atomic E-state index is 13.6. The number of halogens is 1. The average Bonchev–Trinajstić information content (AvgIpc) is 3.65. The van der Waals surface area contributed by atoms with Crippen LogP contribution >= 0.6 is 34.7 Å². The maximum atomic E-state index is 13.6. The first-order valence-corrected chi connectivity index (χ1v) is 17.0. The van der Waals surface area contributed by atoms with Crippen LogP contribution in [0.5, 0.6) is 11.5 Å². The third-order valence-electron chi connectivity index (χ3n) is 7.44. The van der Waals surface area contributed by atoms with Crippen molar-refractivity contribution >= 4 is 57.3 Å². The summed E-state index contributed by atoms with van der Waals surface area (Å²) in [5.41, 5.74) is 4.17. The summed E-state index contributed by atoms with van der Waals surface area (Å²) in [4.78, 5) is 28.6. The summed E-state index contributed by atoms with van der Waals surface area (Å²) in [6.07, 6.45) is 0. The van der Waals surface area contributed by atoms with Crippen molar-refractivity contribution in [1.29, 1.82) is 0 Å². The normalized spacial score (nSPS) is 15.6. The van der Waals surface area contributed by atoms with E-state index >= 15 is 0 Å². The van der Waals surface area contributed by atoms with E-state index in [2.05, 4.69) is 16.3 Å². The van der Waals surface area contributed by atoms with Crippen LogP contribution in [0.15, 0.2) is 107 Å². The molecule has 0 radical (unpaired) electrons. The molecule has 8 nitrogen and oxygen atoms in total. The quantitative estimate of drug-likeness (QED) is 0.0487. The highest BCUT2D eigenvalue weighted by molar-refractivity contribution is 8.00. The molecule has 4 aromatic carbocycles. The number of rotatable bonds is 11. The first-order chi connectivity index (χ1) is 22.8. The van der Waals surface area contributed by atoms with Gasteiger partial charge in [-0.3, -0.25) is 14.5 Å². The molecule has 1 N–H and O–H groups in total. The Morgan fingerprint density at radius 2 is 1.62 bits per heavy atom. The van der Waals surface area contributed by atoms with Gasteiger partial charge >= 0.3 is 5.91 Å². The zero-order valence-corrected chi connectivity index (χ0v) is 27.9. The van der Waals surface area contributed by atoms with Gasteiger partial charge in [-0.25, -0.2) is 0 Å². The predicted octanol–water partition coefficient (Wildman–Crippen LogP) is 8.40. The lowest BCUT2D eigenvalue weighted by molar-refractivity contribution is -0.132. The summed E-state index contributed by atoms with van der Waals surface area (Å²) in [6, 6.07) is 28.5. The van der Waals surface area contributed by atoms with E-state index in [-0.39, 0.29) is 16.5 Å². The fourth-order valence-electron chi connectivity index (χ4n) is 5.18. The molecule has 6 rings (SSSR count). The van der Waals surface area contributed by atoms with E-state index in [9.17, 15) is 14.7 Å². The molecule has 11 heteroatoms.